The Balaban J connectivity index is 1.47. The molecule has 6 nitrogen and oxygen atoms in total. The van der Waals surface area contributed by atoms with E-state index in [2.05, 4.69) is 4.90 Å². The molecule has 26 heavy (non-hydrogen) atoms. The molecule has 2 aliphatic heterocycles. The molecular weight excluding hydrogens is 359 g/mol. The molecule has 1 atom stereocenters. The standard InChI is InChI=1S/C18H21FN2O4S/c1-12-14-3-2-4-15(19)17(14)25-16(12)18(22)21-8-6-20(7-9-21)13-5-10-26(23,24)11-13/h2-4,13H,5-11H2,1H3/t13-/m1/s1. The number of aryl methyl sites for hydroxylation is 1. The number of sulfone groups is 1. The van der Waals surface area contributed by atoms with Gasteiger partial charge < -0.3 is 9.32 Å². The lowest BCUT2D eigenvalue weighted by atomic mass is 10.1. The fourth-order valence-corrected chi connectivity index (χ4v) is 5.67. The number of rotatable bonds is 2. The number of para-hydroxylation sites is 1. The topological polar surface area (TPSA) is 70.8 Å². The first-order valence-electron chi connectivity index (χ1n) is 8.77. The molecular formula is C18H21FN2O4S. The molecule has 2 fully saturated rings. The predicted octanol–water partition coefficient (Wildman–Crippen LogP) is 1.83. The minimum atomic E-state index is -2.91. The van der Waals surface area contributed by atoms with Gasteiger partial charge in [0.1, 0.15) is 0 Å². The average Bonchev–Trinajstić information content (AvgIpc) is 3.16. The minimum absolute atomic E-state index is 0.0549. The summed E-state index contributed by atoms with van der Waals surface area (Å²) in [4.78, 5) is 16.7. The first-order valence-corrected chi connectivity index (χ1v) is 10.6. The van der Waals surface area contributed by atoms with Gasteiger partial charge in [-0.1, -0.05) is 12.1 Å². The zero-order valence-electron chi connectivity index (χ0n) is 14.6. The molecule has 1 amide bonds. The number of piperazine rings is 1. The van der Waals surface area contributed by atoms with Crippen LogP contribution in [0.1, 0.15) is 22.5 Å². The zero-order valence-corrected chi connectivity index (χ0v) is 15.4. The highest BCUT2D eigenvalue weighted by Gasteiger charge is 2.35. The number of nitrogens with zero attached hydrogens (tertiary/aromatic N) is 2. The Morgan fingerprint density at radius 1 is 1.23 bits per heavy atom. The highest BCUT2D eigenvalue weighted by Crippen LogP contribution is 2.28. The highest BCUT2D eigenvalue weighted by molar-refractivity contribution is 7.91. The van der Waals surface area contributed by atoms with Crippen molar-refractivity contribution in [1.29, 1.82) is 0 Å². The Bertz CT molecular complexity index is 961. The maximum absolute atomic E-state index is 13.9. The third kappa shape index (κ3) is 3.01. The molecule has 140 valence electrons. The number of amides is 1. The van der Waals surface area contributed by atoms with Crippen molar-refractivity contribution in [2.75, 3.05) is 37.7 Å². The van der Waals surface area contributed by atoms with Crippen LogP contribution in [0, 0.1) is 12.7 Å². The lowest BCUT2D eigenvalue weighted by molar-refractivity contribution is 0.0559. The molecule has 4 rings (SSSR count). The lowest BCUT2D eigenvalue weighted by Crippen LogP contribution is -2.52. The van der Waals surface area contributed by atoms with Crippen molar-refractivity contribution in [2.45, 2.75) is 19.4 Å². The molecule has 0 unspecified atom stereocenters. The van der Waals surface area contributed by atoms with Gasteiger partial charge in [0.05, 0.1) is 11.5 Å². The number of carbonyl (C=O) groups is 1. The van der Waals surface area contributed by atoms with E-state index < -0.39 is 15.7 Å². The number of hydrogen-bond acceptors (Lipinski definition) is 5. The van der Waals surface area contributed by atoms with Crippen LogP contribution in [0.25, 0.3) is 11.0 Å². The van der Waals surface area contributed by atoms with Crippen LogP contribution in [0.5, 0.6) is 0 Å². The normalized spacial score (nSPS) is 23.6. The van der Waals surface area contributed by atoms with Crippen LogP contribution in [0.15, 0.2) is 22.6 Å². The summed E-state index contributed by atoms with van der Waals surface area (Å²) in [5.41, 5.74) is 0.761. The second-order valence-corrected chi connectivity index (χ2v) is 9.29. The van der Waals surface area contributed by atoms with Crippen molar-refractivity contribution >= 4 is 26.7 Å². The number of hydrogen-bond donors (Lipinski definition) is 0. The summed E-state index contributed by atoms with van der Waals surface area (Å²) in [5.74, 6) is -0.0700. The molecule has 0 aliphatic carbocycles. The fraction of sp³-hybridized carbons (Fsp3) is 0.500. The van der Waals surface area contributed by atoms with Crippen molar-refractivity contribution < 1.29 is 22.0 Å². The van der Waals surface area contributed by atoms with Crippen LogP contribution in [0.4, 0.5) is 4.39 Å². The van der Waals surface area contributed by atoms with Crippen LogP contribution >= 0.6 is 0 Å². The van der Waals surface area contributed by atoms with E-state index in [1.165, 1.54) is 6.07 Å². The Morgan fingerprint density at radius 3 is 2.58 bits per heavy atom. The van der Waals surface area contributed by atoms with E-state index in [4.69, 9.17) is 4.42 Å². The smallest absolute Gasteiger partial charge is 0.289 e. The summed E-state index contributed by atoms with van der Waals surface area (Å²) >= 11 is 0. The third-order valence-corrected chi connectivity index (χ3v) is 7.19. The van der Waals surface area contributed by atoms with Crippen LogP contribution in [-0.2, 0) is 9.84 Å². The SMILES string of the molecule is Cc1c(C(=O)N2CCN([C@@H]3CCS(=O)(=O)C3)CC2)oc2c(F)cccc12. The highest BCUT2D eigenvalue weighted by atomic mass is 32.2. The molecule has 1 aromatic heterocycles. The molecule has 0 bridgehead atoms. The van der Waals surface area contributed by atoms with Gasteiger partial charge in [-0.2, -0.15) is 0 Å². The molecule has 0 saturated carbocycles. The van der Waals surface area contributed by atoms with Gasteiger partial charge in [-0.3, -0.25) is 9.69 Å². The molecule has 2 saturated heterocycles. The quantitative estimate of drug-likeness (QED) is 0.795. The summed E-state index contributed by atoms with van der Waals surface area (Å²) < 4.78 is 42.8. The van der Waals surface area contributed by atoms with Gasteiger partial charge in [0.15, 0.2) is 27.0 Å². The summed E-state index contributed by atoms with van der Waals surface area (Å²) in [7, 11) is -2.91. The van der Waals surface area contributed by atoms with Gasteiger partial charge >= 0.3 is 0 Å². The molecule has 3 heterocycles. The van der Waals surface area contributed by atoms with Crippen molar-refractivity contribution in [2.24, 2.45) is 0 Å². The second-order valence-electron chi connectivity index (χ2n) is 7.06. The molecule has 1 aromatic carbocycles. The van der Waals surface area contributed by atoms with Gasteiger partial charge in [0.2, 0.25) is 0 Å². The van der Waals surface area contributed by atoms with Crippen LogP contribution < -0.4 is 0 Å². The molecule has 2 aliphatic rings. The average molecular weight is 380 g/mol. The summed E-state index contributed by atoms with van der Waals surface area (Å²) in [6.07, 6.45) is 0.665. The van der Waals surface area contributed by atoms with Gasteiger partial charge in [-0.05, 0) is 19.4 Å². The number of halogens is 1. The van der Waals surface area contributed by atoms with Crippen molar-refractivity contribution in [1.82, 2.24) is 9.80 Å². The van der Waals surface area contributed by atoms with Gasteiger partial charge in [-0.15, -0.1) is 0 Å². The fourth-order valence-electron chi connectivity index (χ4n) is 3.91. The molecule has 8 heteroatoms. The Labute approximate surface area is 151 Å². The maximum atomic E-state index is 13.9. The van der Waals surface area contributed by atoms with Gasteiger partial charge in [0, 0.05) is 43.2 Å². The Kier molecular flexibility index (Phi) is 4.27. The number of fused-ring (bicyclic) bond motifs is 1. The van der Waals surface area contributed by atoms with Crippen molar-refractivity contribution in [3.63, 3.8) is 0 Å². The first kappa shape index (κ1) is 17.5. The monoisotopic (exact) mass is 380 g/mol. The predicted molar refractivity (Wildman–Crippen MR) is 95.4 cm³/mol. The van der Waals surface area contributed by atoms with E-state index in [9.17, 15) is 17.6 Å². The molecule has 2 aromatic rings. The van der Waals surface area contributed by atoms with Gasteiger partial charge in [-0.25, -0.2) is 12.8 Å². The van der Waals surface area contributed by atoms with E-state index in [1.807, 2.05) is 0 Å². The van der Waals surface area contributed by atoms with Crippen molar-refractivity contribution in [3.8, 4) is 0 Å². The largest absolute Gasteiger partial charge is 0.448 e. The van der Waals surface area contributed by atoms with E-state index in [0.717, 1.165) is 0 Å². The Morgan fingerprint density at radius 2 is 1.96 bits per heavy atom. The van der Waals surface area contributed by atoms with Crippen molar-refractivity contribution in [3.05, 3.63) is 35.3 Å². The second kappa shape index (κ2) is 6.35. The molecule has 0 N–H and O–H groups in total. The number of furan rings is 1. The lowest BCUT2D eigenvalue weighted by Gasteiger charge is -2.37. The maximum Gasteiger partial charge on any atom is 0.289 e. The minimum Gasteiger partial charge on any atom is -0.448 e. The first-order chi connectivity index (χ1) is 12.4. The molecule has 0 radical (unpaired) electrons. The third-order valence-electron chi connectivity index (χ3n) is 5.44. The van der Waals surface area contributed by atoms with E-state index >= 15 is 0 Å². The summed E-state index contributed by atoms with van der Waals surface area (Å²) in [5, 5.41) is 0.614. The summed E-state index contributed by atoms with van der Waals surface area (Å²) in [6.45, 7) is 4.06. The van der Waals surface area contributed by atoms with E-state index in [0.29, 0.717) is 43.5 Å². The van der Waals surface area contributed by atoms with E-state index in [-0.39, 0.29) is 34.8 Å². The van der Waals surface area contributed by atoms with Gasteiger partial charge in [0.25, 0.3) is 5.91 Å². The summed E-state index contributed by atoms with van der Waals surface area (Å²) in [6, 6.07) is 4.71. The molecule has 0 spiro atoms. The zero-order chi connectivity index (χ0) is 18.5. The van der Waals surface area contributed by atoms with Crippen LogP contribution in [0.3, 0.4) is 0 Å². The number of carbonyl (C=O) groups excluding carboxylic acids is 1. The number of benzene rings is 1. The van der Waals surface area contributed by atoms with Crippen LogP contribution in [-0.4, -0.2) is 67.9 Å². The van der Waals surface area contributed by atoms with Crippen LogP contribution in [0.2, 0.25) is 0 Å². The van der Waals surface area contributed by atoms with E-state index in [1.54, 1.807) is 24.0 Å². The Hall–Kier alpha value is -1.93.